The molecule has 0 bridgehead atoms. The van der Waals surface area contributed by atoms with Crippen LogP contribution >= 0.6 is 0 Å². The first-order chi connectivity index (χ1) is 9.13. The van der Waals surface area contributed by atoms with Crippen molar-refractivity contribution in [2.24, 2.45) is 5.92 Å². The minimum atomic E-state index is -0.680. The fraction of sp³-hybridized carbons (Fsp3) is 0.688. The normalized spacial score (nSPS) is 24.6. The summed E-state index contributed by atoms with van der Waals surface area (Å²) in [6.07, 6.45) is 1.70. The third kappa shape index (κ3) is 2.81. The lowest BCUT2D eigenvalue weighted by Crippen LogP contribution is -2.39. The fourth-order valence-electron chi connectivity index (χ4n) is 3.06. The molecule has 2 heterocycles. The van der Waals surface area contributed by atoms with Crippen molar-refractivity contribution in [2.75, 3.05) is 13.6 Å². The van der Waals surface area contributed by atoms with Crippen LogP contribution in [-0.4, -0.2) is 35.5 Å². The number of ether oxygens (including phenoxy) is 1. The highest BCUT2D eigenvalue weighted by Gasteiger charge is 2.53. The van der Waals surface area contributed by atoms with Crippen LogP contribution in [-0.2, 0) is 16.1 Å². The molecule has 112 valence electrons. The minimum Gasteiger partial charge on any atom is -0.469 e. The maximum Gasteiger partial charge on any atom is 0.171 e. The average Bonchev–Trinajstić information content (AvgIpc) is 2.74. The molecule has 0 spiro atoms. The van der Waals surface area contributed by atoms with Gasteiger partial charge in [0, 0.05) is 18.7 Å². The molecular weight excluding hydrogens is 254 g/mol. The van der Waals surface area contributed by atoms with Gasteiger partial charge in [0.15, 0.2) is 5.78 Å². The molecule has 1 atom stereocenters. The highest BCUT2D eigenvalue weighted by atomic mass is 16.5. The standard InChI is InChI=1S/C16H25NO3/c1-11-12(7-8-19-11)9-17(6)10-13-14(18)16(4,5)20-15(13,2)3/h7-8,13H,9-10H2,1-6H3. The van der Waals surface area contributed by atoms with Gasteiger partial charge in [-0.1, -0.05) is 0 Å². The summed E-state index contributed by atoms with van der Waals surface area (Å²) in [5.41, 5.74) is 0.0665. The summed E-state index contributed by atoms with van der Waals surface area (Å²) in [6, 6.07) is 1.98. The van der Waals surface area contributed by atoms with E-state index in [0.717, 1.165) is 17.9 Å². The molecule has 0 radical (unpaired) electrons. The Bertz CT molecular complexity index is 502. The Hall–Kier alpha value is -1.13. The van der Waals surface area contributed by atoms with Crippen LogP contribution in [0.2, 0.25) is 0 Å². The SMILES string of the molecule is Cc1occc1CN(C)CC1C(=O)C(C)(C)OC1(C)C. The minimum absolute atomic E-state index is 0.102. The van der Waals surface area contributed by atoms with Gasteiger partial charge in [0.25, 0.3) is 0 Å². The number of hydrogen-bond donors (Lipinski definition) is 0. The molecule has 0 N–H and O–H groups in total. The highest BCUT2D eigenvalue weighted by molar-refractivity contribution is 5.91. The van der Waals surface area contributed by atoms with Crippen LogP contribution in [0, 0.1) is 12.8 Å². The zero-order valence-electron chi connectivity index (χ0n) is 13.3. The van der Waals surface area contributed by atoms with E-state index < -0.39 is 11.2 Å². The van der Waals surface area contributed by atoms with Crippen molar-refractivity contribution in [1.29, 1.82) is 0 Å². The Morgan fingerprint density at radius 2 is 1.95 bits per heavy atom. The van der Waals surface area contributed by atoms with Gasteiger partial charge in [-0.15, -0.1) is 0 Å². The number of ketones is 1. The van der Waals surface area contributed by atoms with E-state index in [1.54, 1.807) is 6.26 Å². The third-order valence-corrected chi connectivity index (χ3v) is 4.17. The van der Waals surface area contributed by atoms with Crippen molar-refractivity contribution >= 4 is 5.78 Å². The van der Waals surface area contributed by atoms with Crippen LogP contribution in [0.3, 0.4) is 0 Å². The van der Waals surface area contributed by atoms with Gasteiger partial charge in [0.05, 0.1) is 17.8 Å². The van der Waals surface area contributed by atoms with Gasteiger partial charge in [-0.2, -0.15) is 0 Å². The van der Waals surface area contributed by atoms with Crippen LogP contribution in [0.15, 0.2) is 16.7 Å². The number of aryl methyl sites for hydroxylation is 1. The number of nitrogens with zero attached hydrogens (tertiary/aromatic N) is 1. The van der Waals surface area contributed by atoms with Gasteiger partial charge in [-0.25, -0.2) is 0 Å². The molecule has 0 saturated carbocycles. The largest absolute Gasteiger partial charge is 0.469 e. The molecule has 20 heavy (non-hydrogen) atoms. The summed E-state index contributed by atoms with van der Waals surface area (Å²) in [4.78, 5) is 14.6. The van der Waals surface area contributed by atoms with E-state index in [1.165, 1.54) is 0 Å². The Morgan fingerprint density at radius 1 is 1.30 bits per heavy atom. The lowest BCUT2D eigenvalue weighted by Gasteiger charge is -2.28. The van der Waals surface area contributed by atoms with E-state index in [0.29, 0.717) is 6.54 Å². The molecule has 4 heteroatoms. The van der Waals surface area contributed by atoms with E-state index >= 15 is 0 Å². The van der Waals surface area contributed by atoms with Crippen LogP contribution in [0.5, 0.6) is 0 Å². The topological polar surface area (TPSA) is 42.7 Å². The highest BCUT2D eigenvalue weighted by Crippen LogP contribution is 2.39. The molecule has 1 aliphatic heterocycles. The molecule has 1 fully saturated rings. The molecular formula is C16H25NO3. The molecule has 0 aliphatic carbocycles. The number of rotatable bonds is 4. The smallest absolute Gasteiger partial charge is 0.171 e. The van der Waals surface area contributed by atoms with Gasteiger partial charge in [0.1, 0.15) is 11.4 Å². The summed E-state index contributed by atoms with van der Waals surface area (Å²) >= 11 is 0. The Kier molecular flexibility index (Phi) is 3.82. The first-order valence-corrected chi connectivity index (χ1v) is 7.09. The monoisotopic (exact) mass is 279 g/mol. The van der Waals surface area contributed by atoms with E-state index in [9.17, 15) is 4.79 Å². The third-order valence-electron chi connectivity index (χ3n) is 4.17. The van der Waals surface area contributed by atoms with Crippen molar-refractivity contribution in [3.05, 3.63) is 23.7 Å². The van der Waals surface area contributed by atoms with Crippen LogP contribution in [0.4, 0.5) is 0 Å². The Morgan fingerprint density at radius 3 is 2.40 bits per heavy atom. The molecule has 1 aromatic heterocycles. The zero-order chi connectivity index (χ0) is 15.1. The molecule has 1 aromatic rings. The number of Topliss-reactive ketones (excluding diaryl/α,β-unsaturated/α-hetero) is 1. The van der Waals surface area contributed by atoms with Crippen LogP contribution < -0.4 is 0 Å². The first-order valence-electron chi connectivity index (χ1n) is 7.09. The summed E-state index contributed by atoms with van der Waals surface area (Å²) < 4.78 is 11.2. The van der Waals surface area contributed by atoms with Crippen molar-refractivity contribution in [3.63, 3.8) is 0 Å². The molecule has 2 rings (SSSR count). The number of hydrogen-bond acceptors (Lipinski definition) is 4. The quantitative estimate of drug-likeness (QED) is 0.850. The zero-order valence-corrected chi connectivity index (χ0v) is 13.3. The molecule has 1 saturated heterocycles. The van der Waals surface area contributed by atoms with Gasteiger partial charge >= 0.3 is 0 Å². The summed E-state index contributed by atoms with van der Waals surface area (Å²) in [5.74, 6) is 1.03. The fourth-order valence-corrected chi connectivity index (χ4v) is 3.06. The van der Waals surface area contributed by atoms with Gasteiger partial charge in [-0.3, -0.25) is 4.79 Å². The van der Waals surface area contributed by atoms with E-state index in [2.05, 4.69) is 4.90 Å². The maximum absolute atomic E-state index is 12.5. The number of furan rings is 1. The average molecular weight is 279 g/mol. The first kappa shape index (κ1) is 15.3. The maximum atomic E-state index is 12.5. The van der Waals surface area contributed by atoms with Crippen molar-refractivity contribution in [3.8, 4) is 0 Å². The summed E-state index contributed by atoms with van der Waals surface area (Å²) in [7, 11) is 2.03. The molecule has 0 aromatic carbocycles. The molecule has 0 amide bonds. The second-order valence-electron chi connectivity index (χ2n) is 6.83. The van der Waals surface area contributed by atoms with Crippen LogP contribution in [0.25, 0.3) is 0 Å². The van der Waals surface area contributed by atoms with Gasteiger partial charge < -0.3 is 14.1 Å². The molecule has 1 unspecified atom stereocenters. The Balaban J connectivity index is 2.06. The van der Waals surface area contributed by atoms with Gasteiger partial charge in [-0.05, 0) is 47.7 Å². The van der Waals surface area contributed by atoms with Crippen molar-refractivity contribution in [1.82, 2.24) is 4.90 Å². The number of carbonyl (C=O) groups is 1. The lowest BCUT2D eigenvalue weighted by atomic mass is 9.85. The predicted octanol–water partition coefficient (Wildman–Crippen LogP) is 2.79. The Labute approximate surface area is 121 Å². The number of carbonyl (C=O) groups excluding carboxylic acids is 1. The van der Waals surface area contributed by atoms with Crippen molar-refractivity contribution in [2.45, 2.75) is 52.4 Å². The van der Waals surface area contributed by atoms with E-state index in [4.69, 9.17) is 9.15 Å². The van der Waals surface area contributed by atoms with E-state index in [-0.39, 0.29) is 11.7 Å². The van der Waals surface area contributed by atoms with Crippen molar-refractivity contribution < 1.29 is 13.9 Å². The molecule has 4 nitrogen and oxygen atoms in total. The predicted molar refractivity (Wildman–Crippen MR) is 77.5 cm³/mol. The second kappa shape index (κ2) is 5.01. The summed E-state index contributed by atoms with van der Waals surface area (Å²) in [5, 5.41) is 0. The summed E-state index contributed by atoms with van der Waals surface area (Å²) in [6.45, 7) is 11.2. The van der Waals surface area contributed by atoms with E-state index in [1.807, 2.05) is 47.7 Å². The lowest BCUT2D eigenvalue weighted by molar-refractivity contribution is -0.132. The second-order valence-corrected chi connectivity index (χ2v) is 6.83. The van der Waals surface area contributed by atoms with Gasteiger partial charge in [0.2, 0.25) is 0 Å². The molecule has 1 aliphatic rings. The van der Waals surface area contributed by atoms with Crippen LogP contribution in [0.1, 0.15) is 39.0 Å².